The first-order valence-corrected chi connectivity index (χ1v) is 8.94. The lowest BCUT2D eigenvalue weighted by atomic mass is 10.4. The van der Waals surface area contributed by atoms with Crippen LogP contribution in [0.3, 0.4) is 0 Å². The maximum Gasteiger partial charge on any atom is 0.163 e. The van der Waals surface area contributed by atoms with Gasteiger partial charge in [-0.05, 0) is 0 Å². The Bertz CT molecular complexity index is 418. The third-order valence-electron chi connectivity index (χ3n) is 1.61. The number of ether oxygens (including phenoxy) is 1. The summed E-state index contributed by atoms with van der Waals surface area (Å²) in [4.78, 5) is 12.2. The molecule has 0 atom stereocenters. The van der Waals surface area contributed by atoms with E-state index in [-0.39, 0.29) is 0 Å². The highest BCUT2D eigenvalue weighted by Gasteiger charge is 2.10. The number of hydrogen-bond acceptors (Lipinski definition) is 3. The average molecular weight is 238 g/mol. The topological polar surface area (TPSA) is 26.3 Å². The van der Waals surface area contributed by atoms with Crippen LogP contribution in [0.1, 0.15) is 14.5 Å². The lowest BCUT2D eigenvalue weighted by Crippen LogP contribution is -2.16. The van der Waals surface area contributed by atoms with Crippen LogP contribution in [0.4, 0.5) is 0 Å². The van der Waals surface area contributed by atoms with Gasteiger partial charge < -0.3 is 4.74 Å². The Labute approximate surface area is 95.3 Å². The molecule has 0 radical (unpaired) electrons. The van der Waals surface area contributed by atoms with Crippen molar-refractivity contribution in [3.05, 3.63) is 15.8 Å². The number of thiophene rings is 1. The first-order valence-electron chi connectivity index (χ1n) is 4.62. The van der Waals surface area contributed by atoms with Crippen LogP contribution in [0, 0.1) is 11.5 Å². The molecule has 2 nitrogen and oxygen atoms in total. The van der Waals surface area contributed by atoms with Gasteiger partial charge in [-0.15, -0.1) is 16.9 Å². The highest BCUT2D eigenvalue weighted by Crippen LogP contribution is 2.26. The Balaban J connectivity index is 3.01. The Hall–Kier alpha value is -1.05. The van der Waals surface area contributed by atoms with E-state index in [1.54, 1.807) is 7.11 Å². The largest absolute Gasteiger partial charge is 0.495 e. The van der Waals surface area contributed by atoms with Crippen molar-refractivity contribution in [3.8, 4) is 17.2 Å². The summed E-state index contributed by atoms with van der Waals surface area (Å²) in [6.45, 7) is 6.56. The number of carbonyl (C=O) groups is 1. The third-order valence-corrected chi connectivity index (χ3v) is 3.44. The fourth-order valence-corrected chi connectivity index (χ4v) is 2.34. The number of rotatable bonds is 2. The molecule has 0 unspecified atom stereocenters. The summed E-state index contributed by atoms with van der Waals surface area (Å²) in [6.07, 6.45) is 0.809. The van der Waals surface area contributed by atoms with Crippen LogP contribution < -0.4 is 4.74 Å². The number of hydrogen-bond donors (Lipinski definition) is 0. The Kier molecular flexibility index (Phi) is 3.72. The highest BCUT2D eigenvalue weighted by molar-refractivity contribution is 7.14. The molecule has 0 saturated carbocycles. The van der Waals surface area contributed by atoms with Gasteiger partial charge >= 0.3 is 0 Å². The SMILES string of the molecule is COc1cc(C#C[Si](C)(C)C)sc1C=O. The first kappa shape index (κ1) is 12.0. The molecule has 1 aromatic rings. The summed E-state index contributed by atoms with van der Waals surface area (Å²) in [5.41, 5.74) is 3.25. The van der Waals surface area contributed by atoms with Gasteiger partial charge in [-0.3, -0.25) is 4.79 Å². The van der Waals surface area contributed by atoms with Gasteiger partial charge in [0.05, 0.1) is 12.0 Å². The number of aldehydes is 1. The zero-order valence-corrected chi connectivity index (χ0v) is 11.2. The third kappa shape index (κ3) is 3.54. The Morgan fingerprint density at radius 3 is 2.53 bits per heavy atom. The second-order valence-electron chi connectivity index (χ2n) is 4.16. The molecule has 0 aromatic carbocycles. The molecule has 15 heavy (non-hydrogen) atoms. The normalized spacial score (nSPS) is 10.4. The van der Waals surface area contributed by atoms with Crippen LogP contribution in [0.5, 0.6) is 5.75 Å². The van der Waals surface area contributed by atoms with E-state index < -0.39 is 8.07 Å². The zero-order chi connectivity index (χ0) is 11.5. The van der Waals surface area contributed by atoms with E-state index in [2.05, 4.69) is 31.1 Å². The van der Waals surface area contributed by atoms with Crippen LogP contribution >= 0.6 is 11.3 Å². The van der Waals surface area contributed by atoms with E-state index in [0.29, 0.717) is 10.6 Å². The van der Waals surface area contributed by atoms with Crippen LogP contribution in [0.2, 0.25) is 19.6 Å². The molecule has 0 aliphatic heterocycles. The molecule has 0 bridgehead atoms. The summed E-state index contributed by atoms with van der Waals surface area (Å²) in [7, 11) is 0.208. The number of carbonyl (C=O) groups excluding carboxylic acids is 1. The highest BCUT2D eigenvalue weighted by atomic mass is 32.1. The van der Waals surface area contributed by atoms with Gasteiger partial charge in [-0.2, -0.15) is 0 Å². The molecule has 0 aliphatic rings. The molecule has 0 N–H and O–H groups in total. The van der Waals surface area contributed by atoms with Crippen molar-refractivity contribution in [1.29, 1.82) is 0 Å². The minimum absolute atomic E-state index is 0.609. The minimum Gasteiger partial charge on any atom is -0.495 e. The van der Waals surface area contributed by atoms with Gasteiger partial charge in [0.1, 0.15) is 18.7 Å². The van der Waals surface area contributed by atoms with E-state index in [0.717, 1.165) is 11.2 Å². The number of methoxy groups -OCH3 is 1. The molecule has 0 saturated heterocycles. The van der Waals surface area contributed by atoms with E-state index in [9.17, 15) is 4.79 Å². The monoisotopic (exact) mass is 238 g/mol. The van der Waals surface area contributed by atoms with Crippen LogP contribution in [-0.2, 0) is 0 Å². The van der Waals surface area contributed by atoms with Crippen molar-refractivity contribution in [1.82, 2.24) is 0 Å². The molecule has 0 spiro atoms. The summed E-state index contributed by atoms with van der Waals surface area (Å²) in [5, 5.41) is 0. The molecule has 4 heteroatoms. The minimum atomic E-state index is -1.35. The van der Waals surface area contributed by atoms with Crippen LogP contribution in [0.25, 0.3) is 0 Å². The maximum atomic E-state index is 10.7. The predicted octanol–water partition coefficient (Wildman–Crippen LogP) is 2.80. The van der Waals surface area contributed by atoms with Crippen molar-refractivity contribution in [3.63, 3.8) is 0 Å². The second kappa shape index (κ2) is 4.64. The van der Waals surface area contributed by atoms with Crippen molar-refractivity contribution in [2.45, 2.75) is 19.6 Å². The lowest BCUT2D eigenvalue weighted by molar-refractivity contribution is 0.112. The zero-order valence-electron chi connectivity index (χ0n) is 9.38. The summed E-state index contributed by atoms with van der Waals surface area (Å²) < 4.78 is 5.07. The van der Waals surface area contributed by atoms with Crippen molar-refractivity contribution < 1.29 is 9.53 Å². The van der Waals surface area contributed by atoms with Crippen LogP contribution in [-0.4, -0.2) is 21.5 Å². The van der Waals surface area contributed by atoms with Crippen LogP contribution in [0.15, 0.2) is 6.07 Å². The fourth-order valence-electron chi connectivity index (χ4n) is 0.941. The van der Waals surface area contributed by atoms with Gasteiger partial charge in [-0.1, -0.05) is 25.6 Å². The molecule has 1 aromatic heterocycles. The summed E-state index contributed by atoms with van der Waals surface area (Å²) in [6, 6.07) is 1.82. The molecular weight excluding hydrogens is 224 g/mol. The van der Waals surface area contributed by atoms with E-state index in [1.165, 1.54) is 11.3 Å². The van der Waals surface area contributed by atoms with Gasteiger partial charge in [0.15, 0.2) is 6.29 Å². The predicted molar refractivity (Wildman–Crippen MR) is 66.5 cm³/mol. The van der Waals surface area contributed by atoms with Gasteiger partial charge in [-0.25, -0.2) is 0 Å². The standard InChI is InChI=1S/C11H14O2SSi/c1-13-10-7-9(14-11(10)8-12)5-6-15(2,3)4/h7-8H,1-4H3. The maximum absolute atomic E-state index is 10.7. The van der Waals surface area contributed by atoms with Gasteiger partial charge in [0.2, 0.25) is 0 Å². The Morgan fingerprint density at radius 2 is 2.13 bits per heavy atom. The fraction of sp³-hybridized carbons (Fsp3) is 0.364. The van der Waals surface area contributed by atoms with Gasteiger partial charge in [0, 0.05) is 6.07 Å². The second-order valence-corrected chi connectivity index (χ2v) is 9.99. The summed E-state index contributed by atoms with van der Waals surface area (Å²) >= 11 is 1.38. The van der Waals surface area contributed by atoms with Crippen molar-refractivity contribution >= 4 is 25.7 Å². The molecule has 0 aliphatic carbocycles. The van der Waals surface area contributed by atoms with E-state index in [1.807, 2.05) is 6.07 Å². The molecule has 80 valence electrons. The smallest absolute Gasteiger partial charge is 0.163 e. The molecule has 0 amide bonds. The molecular formula is C11H14O2SSi. The van der Waals surface area contributed by atoms with E-state index >= 15 is 0 Å². The van der Waals surface area contributed by atoms with Crippen molar-refractivity contribution in [2.24, 2.45) is 0 Å². The quantitative estimate of drug-likeness (QED) is 0.450. The van der Waals surface area contributed by atoms with Crippen molar-refractivity contribution in [2.75, 3.05) is 7.11 Å². The van der Waals surface area contributed by atoms with E-state index in [4.69, 9.17) is 4.74 Å². The summed E-state index contributed by atoms with van der Waals surface area (Å²) in [5.74, 6) is 3.73. The van der Waals surface area contributed by atoms with Gasteiger partial charge in [0.25, 0.3) is 0 Å². The Morgan fingerprint density at radius 1 is 1.47 bits per heavy atom. The molecule has 1 rings (SSSR count). The molecule has 0 fully saturated rings. The molecule has 1 heterocycles. The average Bonchev–Trinajstić information content (AvgIpc) is 2.56. The first-order chi connectivity index (χ1) is 6.96. The lowest BCUT2D eigenvalue weighted by Gasteiger charge is -2.02.